The van der Waals surface area contributed by atoms with Crippen molar-refractivity contribution in [1.82, 2.24) is 15.0 Å². The van der Waals surface area contributed by atoms with Gasteiger partial charge in [-0.25, -0.2) is 9.37 Å². The van der Waals surface area contributed by atoms with Crippen LogP contribution in [0.3, 0.4) is 0 Å². The van der Waals surface area contributed by atoms with Crippen LogP contribution in [0.4, 0.5) is 21.8 Å². The highest BCUT2D eigenvalue weighted by Gasteiger charge is 2.08. The molecule has 0 spiro atoms. The summed E-state index contributed by atoms with van der Waals surface area (Å²) in [6.45, 7) is 2.73. The van der Waals surface area contributed by atoms with Crippen molar-refractivity contribution in [3.8, 4) is 0 Å². The highest BCUT2D eigenvalue weighted by Crippen LogP contribution is 2.18. The number of hydrogen-bond acceptors (Lipinski definition) is 5. The highest BCUT2D eigenvalue weighted by atomic mass is 19.1. The molecule has 0 radical (unpaired) electrons. The number of aromatic nitrogens is 3. The molecule has 2 aromatic heterocycles. The Labute approximate surface area is 146 Å². The number of nitrogens with one attached hydrogen (secondary N) is 1. The van der Waals surface area contributed by atoms with Gasteiger partial charge in [-0.05, 0) is 49.2 Å². The fraction of sp³-hybridized carbons (Fsp3) is 0.211. The molecule has 0 saturated carbocycles. The normalized spacial score (nSPS) is 10.5. The molecule has 128 valence electrons. The van der Waals surface area contributed by atoms with E-state index in [1.807, 2.05) is 32.2 Å². The molecular weight excluding hydrogens is 317 g/mol. The summed E-state index contributed by atoms with van der Waals surface area (Å²) in [5.41, 5.74) is 2.70. The van der Waals surface area contributed by atoms with Gasteiger partial charge in [-0.1, -0.05) is 6.07 Å². The number of rotatable bonds is 6. The van der Waals surface area contributed by atoms with E-state index in [9.17, 15) is 4.39 Å². The average molecular weight is 337 g/mol. The molecule has 0 atom stereocenters. The molecule has 0 aliphatic rings. The smallest absolute Gasteiger partial charge is 0.229 e. The fourth-order valence-corrected chi connectivity index (χ4v) is 2.46. The second-order valence-electron chi connectivity index (χ2n) is 5.85. The van der Waals surface area contributed by atoms with Crippen LogP contribution in [0.15, 0.2) is 54.9 Å². The Balaban J connectivity index is 1.72. The van der Waals surface area contributed by atoms with Crippen LogP contribution in [0.25, 0.3) is 0 Å². The van der Waals surface area contributed by atoms with Gasteiger partial charge in [0, 0.05) is 43.4 Å². The summed E-state index contributed by atoms with van der Waals surface area (Å²) in [6, 6.07) is 12.2. The maximum Gasteiger partial charge on any atom is 0.229 e. The molecule has 5 nitrogen and oxygen atoms in total. The monoisotopic (exact) mass is 337 g/mol. The number of nitrogens with zero attached hydrogens (tertiary/aromatic N) is 4. The molecular formula is C19H20FN5. The van der Waals surface area contributed by atoms with Crippen molar-refractivity contribution in [3.63, 3.8) is 0 Å². The van der Waals surface area contributed by atoms with Crippen molar-refractivity contribution in [1.29, 1.82) is 0 Å². The first kappa shape index (κ1) is 16.8. The first-order valence-corrected chi connectivity index (χ1v) is 8.08. The molecule has 2 heterocycles. The van der Waals surface area contributed by atoms with Gasteiger partial charge in [0.25, 0.3) is 0 Å². The molecule has 0 bridgehead atoms. The maximum atomic E-state index is 13.3. The van der Waals surface area contributed by atoms with Gasteiger partial charge >= 0.3 is 0 Å². The van der Waals surface area contributed by atoms with Gasteiger partial charge in [-0.3, -0.25) is 4.98 Å². The Morgan fingerprint density at radius 1 is 1.08 bits per heavy atom. The molecule has 0 amide bonds. The number of aryl methyl sites for hydroxylation is 1. The van der Waals surface area contributed by atoms with Gasteiger partial charge in [0.15, 0.2) is 0 Å². The van der Waals surface area contributed by atoms with Crippen molar-refractivity contribution in [2.75, 3.05) is 23.8 Å². The molecule has 0 saturated heterocycles. The van der Waals surface area contributed by atoms with Crippen LogP contribution >= 0.6 is 0 Å². The van der Waals surface area contributed by atoms with Crippen LogP contribution in [0.2, 0.25) is 0 Å². The second-order valence-corrected chi connectivity index (χ2v) is 5.85. The molecule has 6 heteroatoms. The third-order valence-corrected chi connectivity index (χ3v) is 3.80. The summed E-state index contributed by atoms with van der Waals surface area (Å²) in [7, 11) is 1.99. The lowest BCUT2D eigenvalue weighted by atomic mass is 10.2. The number of halogens is 1. The van der Waals surface area contributed by atoms with E-state index in [4.69, 9.17) is 0 Å². The van der Waals surface area contributed by atoms with Crippen LogP contribution in [-0.4, -0.2) is 28.5 Å². The summed E-state index contributed by atoms with van der Waals surface area (Å²) < 4.78 is 13.3. The predicted molar refractivity (Wildman–Crippen MR) is 97.7 cm³/mol. The molecule has 25 heavy (non-hydrogen) atoms. The van der Waals surface area contributed by atoms with E-state index in [1.165, 1.54) is 17.7 Å². The zero-order valence-corrected chi connectivity index (χ0v) is 14.3. The minimum atomic E-state index is -0.299. The third kappa shape index (κ3) is 4.73. The number of likely N-dealkylation sites (N-methyl/N-ethyl adjacent to an activating group) is 1. The van der Waals surface area contributed by atoms with Gasteiger partial charge in [0.1, 0.15) is 11.6 Å². The zero-order chi connectivity index (χ0) is 17.6. The molecule has 0 aliphatic heterocycles. The predicted octanol–water partition coefficient (Wildman–Crippen LogP) is 3.74. The van der Waals surface area contributed by atoms with Crippen LogP contribution in [0, 0.1) is 12.7 Å². The Hall–Kier alpha value is -3.02. The third-order valence-electron chi connectivity index (χ3n) is 3.80. The average Bonchev–Trinajstić information content (AvgIpc) is 2.60. The van der Waals surface area contributed by atoms with Crippen molar-refractivity contribution < 1.29 is 4.39 Å². The lowest BCUT2D eigenvalue weighted by Gasteiger charge is -2.19. The zero-order valence-electron chi connectivity index (χ0n) is 14.3. The van der Waals surface area contributed by atoms with Crippen LogP contribution in [0.1, 0.15) is 11.3 Å². The molecule has 3 aromatic rings. The largest absolute Gasteiger partial charge is 0.359 e. The number of benzene rings is 1. The van der Waals surface area contributed by atoms with Gasteiger partial charge in [-0.15, -0.1) is 0 Å². The van der Waals surface area contributed by atoms with Crippen molar-refractivity contribution in [2.24, 2.45) is 0 Å². The molecule has 0 fully saturated rings. The van der Waals surface area contributed by atoms with E-state index in [0.29, 0.717) is 11.6 Å². The quantitative estimate of drug-likeness (QED) is 0.742. The second kappa shape index (κ2) is 7.70. The molecule has 1 aromatic carbocycles. The van der Waals surface area contributed by atoms with Gasteiger partial charge < -0.3 is 10.2 Å². The van der Waals surface area contributed by atoms with Crippen molar-refractivity contribution in [2.45, 2.75) is 13.3 Å². The van der Waals surface area contributed by atoms with Gasteiger partial charge in [0.2, 0.25) is 5.95 Å². The van der Waals surface area contributed by atoms with E-state index < -0.39 is 0 Å². The summed E-state index contributed by atoms with van der Waals surface area (Å²) >= 11 is 0. The number of anilines is 3. The fourth-order valence-electron chi connectivity index (χ4n) is 2.46. The topological polar surface area (TPSA) is 53.9 Å². The minimum absolute atomic E-state index is 0.299. The van der Waals surface area contributed by atoms with E-state index in [-0.39, 0.29) is 5.82 Å². The summed E-state index contributed by atoms with van der Waals surface area (Å²) in [5.74, 6) is 0.976. The Kier molecular flexibility index (Phi) is 5.18. The minimum Gasteiger partial charge on any atom is -0.359 e. The van der Waals surface area contributed by atoms with E-state index >= 15 is 0 Å². The Bertz CT molecular complexity index is 838. The van der Waals surface area contributed by atoms with Crippen molar-refractivity contribution >= 4 is 17.5 Å². The summed E-state index contributed by atoms with van der Waals surface area (Å²) in [5, 5.41) is 3.06. The molecule has 1 N–H and O–H groups in total. The SMILES string of the molecule is Cc1cc(N(C)CCc2ccncc2)nc(Nc2cccc(F)c2)n1. The molecule has 0 aliphatic carbocycles. The highest BCUT2D eigenvalue weighted by molar-refractivity contribution is 5.55. The lowest BCUT2D eigenvalue weighted by molar-refractivity contribution is 0.628. The van der Waals surface area contributed by atoms with Gasteiger partial charge in [0.05, 0.1) is 0 Å². The maximum absolute atomic E-state index is 13.3. The van der Waals surface area contributed by atoms with E-state index in [1.54, 1.807) is 24.5 Å². The molecule has 3 rings (SSSR count). The van der Waals surface area contributed by atoms with Crippen LogP contribution in [0.5, 0.6) is 0 Å². The van der Waals surface area contributed by atoms with E-state index in [0.717, 1.165) is 24.5 Å². The Morgan fingerprint density at radius 2 is 1.88 bits per heavy atom. The number of pyridine rings is 1. The standard InChI is InChI=1S/C19H20FN5/c1-14-12-18(25(2)11-8-15-6-9-21-10-7-15)24-19(22-14)23-17-5-3-4-16(20)13-17/h3-7,9-10,12-13H,8,11H2,1-2H3,(H,22,23,24). The summed E-state index contributed by atoms with van der Waals surface area (Å²) in [4.78, 5) is 15.0. The number of hydrogen-bond donors (Lipinski definition) is 1. The van der Waals surface area contributed by atoms with Crippen LogP contribution in [-0.2, 0) is 6.42 Å². The van der Waals surface area contributed by atoms with Crippen LogP contribution < -0.4 is 10.2 Å². The molecule has 0 unspecified atom stereocenters. The first-order chi connectivity index (χ1) is 12.1. The van der Waals surface area contributed by atoms with Crippen molar-refractivity contribution in [3.05, 3.63) is 71.9 Å². The first-order valence-electron chi connectivity index (χ1n) is 8.08. The lowest BCUT2D eigenvalue weighted by Crippen LogP contribution is -2.22. The van der Waals surface area contributed by atoms with Gasteiger partial charge in [-0.2, -0.15) is 4.98 Å². The van der Waals surface area contributed by atoms with E-state index in [2.05, 4.69) is 25.2 Å². The Morgan fingerprint density at radius 3 is 2.64 bits per heavy atom. The summed E-state index contributed by atoms with van der Waals surface area (Å²) in [6.07, 6.45) is 4.49.